The molecule has 0 aliphatic carbocycles. The minimum Gasteiger partial charge on any atom is -0.345 e. The molecule has 1 amide bonds. The summed E-state index contributed by atoms with van der Waals surface area (Å²) in [4.78, 5) is 13.1. The molecular formula is C22H21ClN2O5S2. The van der Waals surface area contributed by atoms with Crippen LogP contribution >= 0.6 is 11.6 Å². The van der Waals surface area contributed by atoms with Crippen LogP contribution in [-0.2, 0) is 19.9 Å². The summed E-state index contributed by atoms with van der Waals surface area (Å²) in [5, 5.41) is 2.94. The van der Waals surface area contributed by atoms with Gasteiger partial charge < -0.3 is 5.32 Å². The fourth-order valence-corrected chi connectivity index (χ4v) is 4.84. The van der Waals surface area contributed by atoms with Gasteiger partial charge in [0, 0.05) is 11.9 Å². The Hall–Kier alpha value is -2.88. The third-order valence-corrected chi connectivity index (χ3v) is 7.53. The second-order valence-electron chi connectivity index (χ2n) is 7.15. The number of sulfone groups is 1. The SMILES string of the molecule is C[C@H](NC(=O)c1cc(NS(=O)(=O)c2ccccc2)ccc1Cl)c1ccc(S(C)(=O)=O)cc1. The van der Waals surface area contributed by atoms with Gasteiger partial charge in [-0.3, -0.25) is 9.52 Å². The smallest absolute Gasteiger partial charge is 0.261 e. The molecule has 3 rings (SSSR count). The van der Waals surface area contributed by atoms with E-state index in [1.54, 1.807) is 37.3 Å². The second-order valence-corrected chi connectivity index (χ2v) is 11.3. The van der Waals surface area contributed by atoms with Gasteiger partial charge in [-0.1, -0.05) is 41.9 Å². The van der Waals surface area contributed by atoms with Gasteiger partial charge in [0.05, 0.1) is 26.4 Å². The first kappa shape index (κ1) is 23.8. The summed E-state index contributed by atoms with van der Waals surface area (Å²) in [5.41, 5.74) is 0.982. The monoisotopic (exact) mass is 492 g/mol. The molecule has 0 bridgehead atoms. The molecule has 3 aromatic rings. The molecule has 3 aromatic carbocycles. The van der Waals surface area contributed by atoms with Crippen molar-refractivity contribution in [2.75, 3.05) is 11.0 Å². The Morgan fingerprint density at radius 1 is 0.875 bits per heavy atom. The zero-order chi connectivity index (χ0) is 23.5. The maximum atomic E-state index is 12.8. The van der Waals surface area contributed by atoms with Crippen molar-refractivity contribution in [3.8, 4) is 0 Å². The summed E-state index contributed by atoms with van der Waals surface area (Å²) in [7, 11) is -7.14. The molecule has 0 aromatic heterocycles. The predicted molar refractivity (Wildman–Crippen MR) is 124 cm³/mol. The zero-order valence-corrected chi connectivity index (χ0v) is 19.6. The van der Waals surface area contributed by atoms with Gasteiger partial charge in [0.25, 0.3) is 15.9 Å². The van der Waals surface area contributed by atoms with Crippen molar-refractivity contribution >= 4 is 43.1 Å². The van der Waals surface area contributed by atoms with Crippen molar-refractivity contribution in [2.24, 2.45) is 0 Å². The number of rotatable bonds is 7. The molecule has 0 aliphatic rings. The van der Waals surface area contributed by atoms with Crippen LogP contribution in [0.15, 0.2) is 82.6 Å². The molecule has 0 unspecified atom stereocenters. The van der Waals surface area contributed by atoms with Crippen LogP contribution in [0.3, 0.4) is 0 Å². The van der Waals surface area contributed by atoms with Crippen LogP contribution in [0, 0.1) is 0 Å². The van der Waals surface area contributed by atoms with Gasteiger partial charge in [0.1, 0.15) is 0 Å². The maximum Gasteiger partial charge on any atom is 0.261 e. The Labute approximate surface area is 192 Å². The molecule has 0 heterocycles. The molecule has 32 heavy (non-hydrogen) atoms. The summed E-state index contributed by atoms with van der Waals surface area (Å²) >= 11 is 6.17. The van der Waals surface area contributed by atoms with Crippen LogP contribution < -0.4 is 10.0 Å². The van der Waals surface area contributed by atoms with Crippen molar-refractivity contribution < 1.29 is 21.6 Å². The second kappa shape index (κ2) is 9.32. The van der Waals surface area contributed by atoms with E-state index in [1.807, 2.05) is 0 Å². The summed E-state index contributed by atoms with van der Waals surface area (Å²) in [6.07, 6.45) is 1.12. The quantitative estimate of drug-likeness (QED) is 0.517. The topological polar surface area (TPSA) is 109 Å². The Morgan fingerprint density at radius 3 is 2.09 bits per heavy atom. The Morgan fingerprint density at radius 2 is 1.50 bits per heavy atom. The predicted octanol–water partition coefficient (Wildman–Crippen LogP) is 4.04. The van der Waals surface area contributed by atoms with E-state index in [9.17, 15) is 21.6 Å². The first-order chi connectivity index (χ1) is 15.0. The van der Waals surface area contributed by atoms with Crippen LogP contribution in [0.4, 0.5) is 5.69 Å². The van der Waals surface area contributed by atoms with Gasteiger partial charge in [-0.05, 0) is 55.0 Å². The number of carbonyl (C=O) groups excluding carboxylic acids is 1. The minimum atomic E-state index is -3.82. The van der Waals surface area contributed by atoms with E-state index in [-0.39, 0.29) is 26.1 Å². The molecule has 1 atom stereocenters. The third-order valence-electron chi connectivity index (χ3n) is 4.67. The standard InChI is InChI=1S/C22H21ClN2O5S2/c1-15(16-8-11-18(12-9-16)31(2,27)28)24-22(26)20-14-17(10-13-21(20)23)25-32(29,30)19-6-4-3-5-7-19/h3-15,25H,1-2H3,(H,24,26)/t15-/m0/s1. The highest BCUT2D eigenvalue weighted by molar-refractivity contribution is 7.92. The molecule has 7 nitrogen and oxygen atoms in total. The molecule has 2 N–H and O–H groups in total. The van der Waals surface area contributed by atoms with Crippen molar-refractivity contribution in [2.45, 2.75) is 22.8 Å². The van der Waals surface area contributed by atoms with Gasteiger partial charge in [-0.25, -0.2) is 16.8 Å². The van der Waals surface area contributed by atoms with Crippen LogP contribution in [-0.4, -0.2) is 29.0 Å². The maximum absolute atomic E-state index is 12.8. The average molecular weight is 493 g/mol. The van der Waals surface area contributed by atoms with Gasteiger partial charge in [-0.2, -0.15) is 0 Å². The Balaban J connectivity index is 1.78. The van der Waals surface area contributed by atoms with Crippen LogP contribution in [0.5, 0.6) is 0 Å². The Bertz CT molecular complexity index is 1340. The number of hydrogen-bond acceptors (Lipinski definition) is 5. The highest BCUT2D eigenvalue weighted by Crippen LogP contribution is 2.24. The largest absolute Gasteiger partial charge is 0.345 e. The van der Waals surface area contributed by atoms with Crippen molar-refractivity contribution in [3.63, 3.8) is 0 Å². The van der Waals surface area contributed by atoms with E-state index >= 15 is 0 Å². The van der Waals surface area contributed by atoms with Gasteiger partial charge >= 0.3 is 0 Å². The molecule has 168 valence electrons. The highest BCUT2D eigenvalue weighted by atomic mass is 35.5. The number of carbonyl (C=O) groups is 1. The summed E-state index contributed by atoms with van der Waals surface area (Å²) < 4.78 is 50.7. The molecule has 0 aliphatic heterocycles. The first-order valence-corrected chi connectivity index (χ1v) is 13.2. The molecule has 0 saturated carbocycles. The number of sulfonamides is 1. The number of nitrogens with one attached hydrogen (secondary N) is 2. The lowest BCUT2D eigenvalue weighted by Crippen LogP contribution is -2.27. The molecule has 10 heteroatoms. The van der Waals surface area contributed by atoms with E-state index in [0.717, 1.165) is 6.26 Å². The lowest BCUT2D eigenvalue weighted by molar-refractivity contribution is 0.0940. The third kappa shape index (κ3) is 5.67. The first-order valence-electron chi connectivity index (χ1n) is 9.46. The van der Waals surface area contributed by atoms with Crippen molar-refractivity contribution in [1.82, 2.24) is 5.32 Å². The van der Waals surface area contributed by atoms with Crippen LogP contribution in [0.2, 0.25) is 5.02 Å². The molecular weight excluding hydrogens is 472 g/mol. The lowest BCUT2D eigenvalue weighted by atomic mass is 10.1. The average Bonchev–Trinajstić information content (AvgIpc) is 2.75. The van der Waals surface area contributed by atoms with Crippen LogP contribution in [0.1, 0.15) is 28.9 Å². The van der Waals surface area contributed by atoms with Crippen molar-refractivity contribution in [1.29, 1.82) is 0 Å². The fraction of sp³-hybridized carbons (Fsp3) is 0.136. The number of halogens is 1. The van der Waals surface area contributed by atoms with E-state index in [4.69, 9.17) is 11.6 Å². The van der Waals surface area contributed by atoms with E-state index < -0.39 is 31.8 Å². The summed E-state index contributed by atoms with van der Waals surface area (Å²) in [6, 6.07) is 17.8. The lowest BCUT2D eigenvalue weighted by Gasteiger charge is -2.16. The number of anilines is 1. The number of benzene rings is 3. The fourth-order valence-electron chi connectivity index (χ4n) is 2.94. The number of amides is 1. The molecule has 0 saturated heterocycles. The normalized spacial score (nSPS) is 12.7. The van der Waals surface area contributed by atoms with E-state index in [0.29, 0.717) is 5.56 Å². The Kier molecular flexibility index (Phi) is 6.92. The van der Waals surface area contributed by atoms with E-state index in [2.05, 4.69) is 10.0 Å². The van der Waals surface area contributed by atoms with Crippen molar-refractivity contribution in [3.05, 3.63) is 88.9 Å². The summed E-state index contributed by atoms with van der Waals surface area (Å²) in [5.74, 6) is -0.504. The van der Waals surface area contributed by atoms with E-state index in [1.165, 1.54) is 42.5 Å². The molecule has 0 fully saturated rings. The molecule has 0 spiro atoms. The van der Waals surface area contributed by atoms with Crippen LogP contribution in [0.25, 0.3) is 0 Å². The van der Waals surface area contributed by atoms with Gasteiger partial charge in [0.15, 0.2) is 9.84 Å². The number of hydrogen-bond donors (Lipinski definition) is 2. The summed E-state index contributed by atoms with van der Waals surface area (Å²) in [6.45, 7) is 1.74. The zero-order valence-electron chi connectivity index (χ0n) is 17.2. The minimum absolute atomic E-state index is 0.0899. The van der Waals surface area contributed by atoms with Gasteiger partial charge in [0.2, 0.25) is 0 Å². The highest BCUT2D eigenvalue weighted by Gasteiger charge is 2.18. The molecule has 0 radical (unpaired) electrons. The van der Waals surface area contributed by atoms with Gasteiger partial charge in [-0.15, -0.1) is 0 Å².